The second kappa shape index (κ2) is 4.55. The van der Waals surface area contributed by atoms with Gasteiger partial charge in [-0.3, -0.25) is 0 Å². The van der Waals surface area contributed by atoms with Gasteiger partial charge in [0.05, 0.1) is 5.60 Å². The monoisotopic (exact) mass is 217 g/mol. The normalized spacial score (nSPS) is 15.1. The first-order chi connectivity index (χ1) is 6.95. The number of hydrogen-bond donors (Lipinski definition) is 2. The zero-order valence-electron chi connectivity index (χ0n) is 8.28. The third-order valence-corrected chi connectivity index (χ3v) is 2.08. The molecule has 1 rings (SSSR count). The molecule has 0 bridgehead atoms. The second-order valence-corrected chi connectivity index (χ2v) is 3.38. The van der Waals surface area contributed by atoms with Gasteiger partial charge in [-0.05, 0) is 24.6 Å². The van der Waals surface area contributed by atoms with Crippen molar-refractivity contribution in [3.05, 3.63) is 29.8 Å². The minimum atomic E-state index is -2.87. The molecule has 3 N–H and O–H groups in total. The van der Waals surface area contributed by atoms with Crippen LogP contribution < -0.4 is 10.5 Å². The van der Waals surface area contributed by atoms with Gasteiger partial charge in [0, 0.05) is 6.54 Å². The smallest absolute Gasteiger partial charge is 0.387 e. The number of rotatable bonds is 4. The Morgan fingerprint density at radius 2 is 2.20 bits per heavy atom. The summed E-state index contributed by atoms with van der Waals surface area (Å²) in [6.07, 6.45) is 0. The Labute approximate surface area is 86.5 Å². The Hall–Kier alpha value is -1.20. The molecule has 0 fully saturated rings. The average molecular weight is 217 g/mol. The maximum absolute atomic E-state index is 11.9. The van der Waals surface area contributed by atoms with Gasteiger partial charge in [0.15, 0.2) is 0 Å². The summed E-state index contributed by atoms with van der Waals surface area (Å²) in [5.41, 5.74) is 4.56. The minimum Gasteiger partial charge on any atom is -0.435 e. The number of benzene rings is 1. The van der Waals surface area contributed by atoms with E-state index in [2.05, 4.69) is 4.74 Å². The summed E-state index contributed by atoms with van der Waals surface area (Å²) in [6, 6.07) is 5.86. The molecule has 1 unspecified atom stereocenters. The van der Waals surface area contributed by atoms with Crippen molar-refractivity contribution in [1.29, 1.82) is 0 Å². The molecule has 0 aliphatic rings. The Kier molecular flexibility index (Phi) is 3.60. The Balaban J connectivity index is 2.92. The van der Waals surface area contributed by atoms with E-state index in [0.717, 1.165) is 0 Å². The van der Waals surface area contributed by atoms with Gasteiger partial charge in [-0.2, -0.15) is 8.78 Å². The summed E-state index contributed by atoms with van der Waals surface area (Å²) in [6.45, 7) is -1.36. The molecule has 1 aromatic carbocycles. The van der Waals surface area contributed by atoms with Gasteiger partial charge in [0.1, 0.15) is 5.75 Å². The van der Waals surface area contributed by atoms with E-state index < -0.39 is 12.2 Å². The Morgan fingerprint density at radius 3 is 2.73 bits per heavy atom. The highest BCUT2D eigenvalue weighted by Gasteiger charge is 2.21. The first kappa shape index (κ1) is 11.9. The highest BCUT2D eigenvalue weighted by molar-refractivity contribution is 5.32. The lowest BCUT2D eigenvalue weighted by atomic mass is 9.96. The van der Waals surface area contributed by atoms with Crippen LogP contribution in [0.15, 0.2) is 24.3 Å². The first-order valence-electron chi connectivity index (χ1n) is 4.43. The largest absolute Gasteiger partial charge is 0.435 e. The number of aliphatic hydroxyl groups is 1. The van der Waals surface area contributed by atoms with Crippen LogP contribution in [0.3, 0.4) is 0 Å². The average Bonchev–Trinajstić information content (AvgIpc) is 2.17. The van der Waals surface area contributed by atoms with Crippen LogP contribution in [-0.4, -0.2) is 18.3 Å². The van der Waals surface area contributed by atoms with Gasteiger partial charge in [0.2, 0.25) is 0 Å². The quantitative estimate of drug-likeness (QED) is 0.802. The van der Waals surface area contributed by atoms with Crippen molar-refractivity contribution in [1.82, 2.24) is 0 Å². The molecule has 0 aromatic heterocycles. The summed E-state index contributed by atoms with van der Waals surface area (Å²) in [7, 11) is 0. The molecule has 0 amide bonds. The summed E-state index contributed by atoms with van der Waals surface area (Å²) < 4.78 is 28.1. The van der Waals surface area contributed by atoms with E-state index in [1.807, 2.05) is 0 Å². The molecule has 0 heterocycles. The Bertz CT molecular complexity index is 329. The molecule has 0 spiro atoms. The zero-order valence-corrected chi connectivity index (χ0v) is 8.28. The van der Waals surface area contributed by atoms with Gasteiger partial charge in [0.25, 0.3) is 0 Å². The fraction of sp³-hybridized carbons (Fsp3) is 0.400. The van der Waals surface area contributed by atoms with E-state index in [-0.39, 0.29) is 12.3 Å². The molecule has 1 atom stereocenters. The van der Waals surface area contributed by atoms with Crippen molar-refractivity contribution < 1.29 is 18.6 Å². The number of alkyl halides is 2. The van der Waals surface area contributed by atoms with E-state index >= 15 is 0 Å². The van der Waals surface area contributed by atoms with Crippen LogP contribution >= 0.6 is 0 Å². The van der Waals surface area contributed by atoms with Crippen molar-refractivity contribution >= 4 is 0 Å². The molecule has 3 nitrogen and oxygen atoms in total. The zero-order chi connectivity index (χ0) is 11.5. The molecule has 15 heavy (non-hydrogen) atoms. The van der Waals surface area contributed by atoms with Crippen LogP contribution in [0, 0.1) is 0 Å². The predicted molar refractivity (Wildman–Crippen MR) is 51.7 cm³/mol. The third-order valence-electron chi connectivity index (χ3n) is 2.08. The van der Waals surface area contributed by atoms with E-state index in [1.54, 1.807) is 6.07 Å². The molecule has 84 valence electrons. The van der Waals surface area contributed by atoms with Gasteiger partial charge in [-0.25, -0.2) is 0 Å². The summed E-state index contributed by atoms with van der Waals surface area (Å²) in [5.74, 6) is 0.0104. The fourth-order valence-corrected chi connectivity index (χ4v) is 1.13. The molecular weight excluding hydrogens is 204 g/mol. The second-order valence-electron chi connectivity index (χ2n) is 3.38. The van der Waals surface area contributed by atoms with Crippen molar-refractivity contribution in [2.75, 3.05) is 6.54 Å². The van der Waals surface area contributed by atoms with Crippen molar-refractivity contribution in [3.8, 4) is 5.75 Å². The fourth-order valence-electron chi connectivity index (χ4n) is 1.13. The van der Waals surface area contributed by atoms with Crippen molar-refractivity contribution in [2.24, 2.45) is 5.73 Å². The highest BCUT2D eigenvalue weighted by atomic mass is 19.3. The summed E-state index contributed by atoms with van der Waals surface area (Å²) in [4.78, 5) is 0. The highest BCUT2D eigenvalue weighted by Crippen LogP contribution is 2.24. The first-order valence-corrected chi connectivity index (χ1v) is 4.43. The summed E-state index contributed by atoms with van der Waals surface area (Å²) >= 11 is 0. The van der Waals surface area contributed by atoms with Crippen LogP contribution in [0.2, 0.25) is 0 Å². The molecule has 0 saturated carbocycles. The molecule has 0 radical (unpaired) electrons. The number of ether oxygens (including phenoxy) is 1. The van der Waals surface area contributed by atoms with Crippen LogP contribution in [0.1, 0.15) is 12.5 Å². The van der Waals surface area contributed by atoms with Crippen molar-refractivity contribution in [2.45, 2.75) is 19.1 Å². The number of halogens is 2. The van der Waals surface area contributed by atoms with Crippen molar-refractivity contribution in [3.63, 3.8) is 0 Å². The van der Waals surface area contributed by atoms with E-state index in [1.165, 1.54) is 25.1 Å². The van der Waals surface area contributed by atoms with Gasteiger partial charge in [-0.15, -0.1) is 0 Å². The lowest BCUT2D eigenvalue weighted by Gasteiger charge is -2.22. The molecular formula is C10H13F2NO2. The number of nitrogens with two attached hydrogens (primary N) is 1. The van der Waals surface area contributed by atoms with Crippen LogP contribution in [0.25, 0.3) is 0 Å². The maximum atomic E-state index is 11.9. The lowest BCUT2D eigenvalue weighted by molar-refractivity contribution is -0.0501. The van der Waals surface area contributed by atoms with Crippen LogP contribution in [0.5, 0.6) is 5.75 Å². The van der Waals surface area contributed by atoms with E-state index in [4.69, 9.17) is 5.73 Å². The summed E-state index contributed by atoms with van der Waals surface area (Å²) in [5, 5.41) is 9.79. The molecule has 0 aliphatic heterocycles. The minimum absolute atomic E-state index is 0.00509. The Morgan fingerprint density at radius 1 is 1.53 bits per heavy atom. The van der Waals surface area contributed by atoms with E-state index in [9.17, 15) is 13.9 Å². The lowest BCUT2D eigenvalue weighted by Crippen LogP contribution is -2.31. The molecule has 1 aromatic rings. The van der Waals surface area contributed by atoms with Gasteiger partial charge >= 0.3 is 6.61 Å². The SMILES string of the molecule is CC(O)(CN)c1cccc(OC(F)F)c1. The molecule has 0 aliphatic carbocycles. The van der Waals surface area contributed by atoms with E-state index in [0.29, 0.717) is 5.56 Å². The van der Waals surface area contributed by atoms with Crippen LogP contribution in [0.4, 0.5) is 8.78 Å². The molecule has 5 heteroatoms. The maximum Gasteiger partial charge on any atom is 0.387 e. The third kappa shape index (κ3) is 3.14. The molecule has 0 saturated heterocycles. The van der Waals surface area contributed by atoms with Gasteiger partial charge in [-0.1, -0.05) is 12.1 Å². The predicted octanol–water partition coefficient (Wildman–Crippen LogP) is 1.45. The standard InChI is InChI=1S/C10H13F2NO2/c1-10(14,6-13)7-3-2-4-8(5-7)15-9(11)12/h2-5,9,14H,6,13H2,1H3. The topological polar surface area (TPSA) is 55.5 Å². The van der Waals surface area contributed by atoms with Gasteiger partial charge < -0.3 is 15.6 Å². The van der Waals surface area contributed by atoms with Crippen LogP contribution in [-0.2, 0) is 5.60 Å². The number of hydrogen-bond acceptors (Lipinski definition) is 3.